The quantitative estimate of drug-likeness (QED) is 0.676. The molecule has 3 unspecified atom stereocenters. The molecule has 2 N–H and O–H groups in total. The van der Waals surface area contributed by atoms with Crippen LogP contribution in [0.1, 0.15) is 33.1 Å². The molecule has 2 saturated heterocycles. The second-order valence-electron chi connectivity index (χ2n) is 5.15. The number of nitrogens with zero attached hydrogens (tertiary/aromatic N) is 1. The minimum atomic E-state index is -0.0169. The van der Waals surface area contributed by atoms with Gasteiger partial charge < -0.3 is 15.5 Å². The van der Waals surface area contributed by atoms with Gasteiger partial charge in [-0.1, -0.05) is 0 Å². The third kappa shape index (κ3) is 2.55. The van der Waals surface area contributed by atoms with Gasteiger partial charge in [0, 0.05) is 31.7 Å². The molecule has 0 radical (unpaired) electrons. The summed E-state index contributed by atoms with van der Waals surface area (Å²) in [5, 5.41) is 6.69. The average Bonchev–Trinajstić information content (AvgIpc) is 2.30. The van der Waals surface area contributed by atoms with Crippen LogP contribution in [-0.4, -0.2) is 48.6 Å². The summed E-state index contributed by atoms with van der Waals surface area (Å²) in [6.45, 7) is 6.89. The standard InChI is InChI=1S/C12H23N3O/c1-9-7-14-11(8-13-9)12(16)15-6-4-3-5-10(15)2/h9-11,13-14H,3-8H2,1-2H3. The van der Waals surface area contributed by atoms with Crippen LogP contribution in [0.4, 0.5) is 0 Å². The Morgan fingerprint density at radius 3 is 2.62 bits per heavy atom. The molecular weight excluding hydrogens is 202 g/mol. The van der Waals surface area contributed by atoms with Crippen LogP contribution in [0.2, 0.25) is 0 Å². The topological polar surface area (TPSA) is 44.4 Å². The summed E-state index contributed by atoms with van der Waals surface area (Å²) in [6, 6.07) is 0.877. The Bertz CT molecular complexity index is 249. The van der Waals surface area contributed by atoms with Gasteiger partial charge in [0.1, 0.15) is 0 Å². The number of likely N-dealkylation sites (tertiary alicyclic amines) is 1. The second kappa shape index (κ2) is 5.15. The summed E-state index contributed by atoms with van der Waals surface area (Å²) in [5.41, 5.74) is 0. The highest BCUT2D eigenvalue weighted by molar-refractivity contribution is 5.82. The van der Waals surface area contributed by atoms with E-state index in [2.05, 4.69) is 29.4 Å². The molecule has 0 aromatic carbocycles. The molecular formula is C12H23N3O. The van der Waals surface area contributed by atoms with E-state index in [0.717, 1.165) is 32.5 Å². The lowest BCUT2D eigenvalue weighted by Gasteiger charge is -2.38. The average molecular weight is 225 g/mol. The number of rotatable bonds is 1. The fraction of sp³-hybridized carbons (Fsp3) is 0.917. The van der Waals surface area contributed by atoms with Crippen LogP contribution in [0.25, 0.3) is 0 Å². The summed E-state index contributed by atoms with van der Waals surface area (Å²) in [4.78, 5) is 14.3. The van der Waals surface area contributed by atoms with Crippen molar-refractivity contribution in [1.29, 1.82) is 0 Å². The van der Waals surface area contributed by atoms with Crippen LogP contribution >= 0.6 is 0 Å². The molecule has 2 heterocycles. The van der Waals surface area contributed by atoms with Crippen LogP contribution in [0.15, 0.2) is 0 Å². The predicted octanol–water partition coefficient (Wildman–Crippen LogP) is 0.337. The third-order valence-corrected chi connectivity index (χ3v) is 3.73. The SMILES string of the molecule is CC1CNC(C(=O)N2CCCCC2C)CN1. The highest BCUT2D eigenvalue weighted by atomic mass is 16.2. The van der Waals surface area contributed by atoms with Gasteiger partial charge in [-0.15, -0.1) is 0 Å². The molecule has 4 heteroatoms. The van der Waals surface area contributed by atoms with E-state index in [0.29, 0.717) is 12.1 Å². The predicted molar refractivity (Wildman–Crippen MR) is 64.3 cm³/mol. The maximum Gasteiger partial charge on any atom is 0.241 e. The molecule has 0 spiro atoms. The highest BCUT2D eigenvalue weighted by Gasteiger charge is 2.30. The normalized spacial score (nSPS) is 36.1. The van der Waals surface area contributed by atoms with E-state index in [1.165, 1.54) is 6.42 Å². The third-order valence-electron chi connectivity index (χ3n) is 3.73. The van der Waals surface area contributed by atoms with Gasteiger partial charge in [0.05, 0.1) is 6.04 Å². The molecule has 0 bridgehead atoms. The van der Waals surface area contributed by atoms with Gasteiger partial charge in [-0.25, -0.2) is 0 Å². The number of amides is 1. The zero-order valence-electron chi connectivity index (χ0n) is 10.3. The van der Waals surface area contributed by atoms with Crippen molar-refractivity contribution >= 4 is 5.91 Å². The molecule has 0 aromatic heterocycles. The smallest absolute Gasteiger partial charge is 0.241 e. The maximum absolute atomic E-state index is 12.3. The van der Waals surface area contributed by atoms with Gasteiger partial charge in [-0.05, 0) is 33.1 Å². The first-order valence-corrected chi connectivity index (χ1v) is 6.45. The molecule has 2 aliphatic rings. The Morgan fingerprint density at radius 1 is 1.19 bits per heavy atom. The Balaban J connectivity index is 1.90. The fourth-order valence-electron chi connectivity index (χ4n) is 2.58. The van der Waals surface area contributed by atoms with Crippen molar-refractivity contribution in [2.24, 2.45) is 0 Å². The molecule has 2 aliphatic heterocycles. The molecule has 0 aliphatic carbocycles. The Hall–Kier alpha value is -0.610. The Labute approximate surface area is 97.8 Å². The van der Waals surface area contributed by atoms with Crippen molar-refractivity contribution in [1.82, 2.24) is 15.5 Å². The number of hydrogen-bond acceptors (Lipinski definition) is 3. The Kier molecular flexibility index (Phi) is 3.82. The molecule has 1 amide bonds. The van der Waals surface area contributed by atoms with Crippen molar-refractivity contribution in [2.45, 2.75) is 51.2 Å². The van der Waals surface area contributed by atoms with Gasteiger partial charge in [-0.2, -0.15) is 0 Å². The number of carbonyl (C=O) groups is 1. The molecule has 16 heavy (non-hydrogen) atoms. The van der Waals surface area contributed by atoms with Gasteiger partial charge >= 0.3 is 0 Å². The van der Waals surface area contributed by atoms with E-state index in [1.54, 1.807) is 0 Å². The van der Waals surface area contributed by atoms with Crippen LogP contribution in [0, 0.1) is 0 Å². The summed E-state index contributed by atoms with van der Waals surface area (Å²) in [5.74, 6) is 0.284. The first-order chi connectivity index (χ1) is 7.68. The van der Waals surface area contributed by atoms with E-state index >= 15 is 0 Å². The van der Waals surface area contributed by atoms with Crippen molar-refractivity contribution in [2.75, 3.05) is 19.6 Å². The largest absolute Gasteiger partial charge is 0.339 e. The van der Waals surface area contributed by atoms with Gasteiger partial charge in [0.25, 0.3) is 0 Å². The molecule has 4 nitrogen and oxygen atoms in total. The summed E-state index contributed by atoms with van der Waals surface area (Å²) >= 11 is 0. The van der Waals surface area contributed by atoms with Crippen LogP contribution in [0.5, 0.6) is 0 Å². The van der Waals surface area contributed by atoms with Gasteiger partial charge in [0.15, 0.2) is 0 Å². The first-order valence-electron chi connectivity index (χ1n) is 6.45. The number of nitrogens with one attached hydrogen (secondary N) is 2. The lowest BCUT2D eigenvalue weighted by molar-refractivity contribution is -0.137. The molecule has 2 rings (SSSR count). The maximum atomic E-state index is 12.3. The number of carbonyl (C=O) groups excluding carboxylic acids is 1. The fourth-order valence-corrected chi connectivity index (χ4v) is 2.58. The van der Waals surface area contributed by atoms with Crippen LogP contribution < -0.4 is 10.6 Å². The molecule has 0 aromatic rings. The molecule has 0 saturated carbocycles. The zero-order valence-corrected chi connectivity index (χ0v) is 10.3. The lowest BCUT2D eigenvalue weighted by Crippen LogP contribution is -2.61. The summed E-state index contributed by atoms with van der Waals surface area (Å²) < 4.78 is 0. The molecule has 3 atom stereocenters. The van der Waals surface area contributed by atoms with E-state index in [-0.39, 0.29) is 11.9 Å². The number of hydrogen-bond donors (Lipinski definition) is 2. The van der Waals surface area contributed by atoms with Crippen molar-refractivity contribution in [3.05, 3.63) is 0 Å². The molecule has 92 valence electrons. The monoisotopic (exact) mass is 225 g/mol. The summed E-state index contributed by atoms with van der Waals surface area (Å²) in [6.07, 6.45) is 3.58. The number of piperidine rings is 1. The highest BCUT2D eigenvalue weighted by Crippen LogP contribution is 2.17. The minimum Gasteiger partial charge on any atom is -0.339 e. The van der Waals surface area contributed by atoms with Crippen molar-refractivity contribution in [3.8, 4) is 0 Å². The lowest BCUT2D eigenvalue weighted by atomic mass is 10.0. The van der Waals surface area contributed by atoms with Gasteiger partial charge in [0.2, 0.25) is 5.91 Å². The molecule has 2 fully saturated rings. The van der Waals surface area contributed by atoms with E-state index in [4.69, 9.17) is 0 Å². The zero-order chi connectivity index (χ0) is 11.5. The van der Waals surface area contributed by atoms with E-state index < -0.39 is 0 Å². The van der Waals surface area contributed by atoms with E-state index in [9.17, 15) is 4.79 Å². The van der Waals surface area contributed by atoms with Crippen LogP contribution in [-0.2, 0) is 4.79 Å². The summed E-state index contributed by atoms with van der Waals surface area (Å²) in [7, 11) is 0. The first kappa shape index (κ1) is 11.9. The second-order valence-corrected chi connectivity index (χ2v) is 5.15. The van der Waals surface area contributed by atoms with Gasteiger partial charge in [-0.3, -0.25) is 4.79 Å². The van der Waals surface area contributed by atoms with Crippen molar-refractivity contribution in [3.63, 3.8) is 0 Å². The van der Waals surface area contributed by atoms with Crippen molar-refractivity contribution < 1.29 is 4.79 Å². The van der Waals surface area contributed by atoms with Crippen LogP contribution in [0.3, 0.4) is 0 Å². The minimum absolute atomic E-state index is 0.0169. The Morgan fingerprint density at radius 2 is 2.00 bits per heavy atom. The van der Waals surface area contributed by atoms with E-state index in [1.807, 2.05) is 0 Å². The number of piperazine rings is 1.